The van der Waals surface area contributed by atoms with Crippen molar-refractivity contribution in [2.24, 2.45) is 5.84 Å². The molecule has 1 rings (SSSR count). The Morgan fingerprint density at radius 2 is 2.12 bits per heavy atom. The van der Waals surface area contributed by atoms with Crippen molar-refractivity contribution in [3.8, 4) is 18.1 Å². The number of halogens is 2. The molecule has 86 valence electrons. The number of ether oxygens (including phenoxy) is 1. The Balaban J connectivity index is 2.97. The van der Waals surface area contributed by atoms with Crippen molar-refractivity contribution in [3.05, 3.63) is 29.8 Å². The number of para-hydroxylation sites is 1. The maximum atomic E-state index is 12.1. The summed E-state index contributed by atoms with van der Waals surface area (Å²) in [5, 5.41) is 0. The standard InChI is InChI=1S/C11H12F2N2O/c1-2-5-9(15-14)8-6-3-4-7-10(8)16-11(12)13/h1,3-4,6-7,9,11,15H,5,14H2. The van der Waals surface area contributed by atoms with Crippen LogP contribution >= 0.6 is 0 Å². The molecule has 0 aliphatic heterocycles. The molecule has 0 saturated heterocycles. The Morgan fingerprint density at radius 1 is 1.44 bits per heavy atom. The minimum Gasteiger partial charge on any atom is -0.434 e. The minimum absolute atomic E-state index is 0.0794. The van der Waals surface area contributed by atoms with Gasteiger partial charge >= 0.3 is 6.61 Å². The van der Waals surface area contributed by atoms with Crippen molar-refractivity contribution in [2.75, 3.05) is 0 Å². The van der Waals surface area contributed by atoms with Gasteiger partial charge in [0.25, 0.3) is 0 Å². The average molecular weight is 226 g/mol. The highest BCUT2D eigenvalue weighted by Crippen LogP contribution is 2.27. The molecule has 1 atom stereocenters. The molecule has 0 saturated carbocycles. The second-order valence-corrected chi connectivity index (χ2v) is 3.04. The fraction of sp³-hybridized carbons (Fsp3) is 0.273. The van der Waals surface area contributed by atoms with E-state index in [0.717, 1.165) is 0 Å². The number of hydrogen-bond acceptors (Lipinski definition) is 3. The van der Waals surface area contributed by atoms with Gasteiger partial charge in [-0.25, -0.2) is 0 Å². The van der Waals surface area contributed by atoms with Crippen LogP contribution in [0, 0.1) is 12.3 Å². The average Bonchev–Trinajstić information content (AvgIpc) is 2.26. The first-order valence-corrected chi connectivity index (χ1v) is 4.62. The van der Waals surface area contributed by atoms with E-state index in [0.29, 0.717) is 12.0 Å². The molecule has 0 radical (unpaired) electrons. The Morgan fingerprint density at radius 3 is 2.69 bits per heavy atom. The summed E-state index contributed by atoms with van der Waals surface area (Å²) in [5.41, 5.74) is 2.98. The molecule has 1 aromatic carbocycles. The number of rotatable bonds is 5. The van der Waals surface area contributed by atoms with E-state index in [1.54, 1.807) is 18.2 Å². The number of alkyl halides is 2. The summed E-state index contributed by atoms with van der Waals surface area (Å²) in [6.07, 6.45) is 5.45. The second kappa shape index (κ2) is 6.05. The Hall–Kier alpha value is -1.64. The lowest BCUT2D eigenvalue weighted by Gasteiger charge is -2.17. The van der Waals surface area contributed by atoms with Crippen LogP contribution in [0.3, 0.4) is 0 Å². The monoisotopic (exact) mass is 226 g/mol. The maximum absolute atomic E-state index is 12.1. The molecule has 1 aromatic rings. The first-order chi connectivity index (χ1) is 7.69. The van der Waals surface area contributed by atoms with Crippen LogP contribution in [0.25, 0.3) is 0 Å². The Bertz CT molecular complexity index is 376. The van der Waals surface area contributed by atoms with Crippen LogP contribution in [0.4, 0.5) is 8.78 Å². The van der Waals surface area contributed by atoms with E-state index in [1.165, 1.54) is 6.07 Å². The van der Waals surface area contributed by atoms with Gasteiger partial charge in [0.1, 0.15) is 5.75 Å². The van der Waals surface area contributed by atoms with Gasteiger partial charge in [-0.15, -0.1) is 12.3 Å². The summed E-state index contributed by atoms with van der Waals surface area (Å²) in [7, 11) is 0. The van der Waals surface area contributed by atoms with Crippen molar-refractivity contribution in [2.45, 2.75) is 19.1 Å². The topological polar surface area (TPSA) is 47.3 Å². The summed E-state index contributed by atoms with van der Waals surface area (Å²) in [6, 6.07) is 5.99. The van der Waals surface area contributed by atoms with Gasteiger partial charge in [0.05, 0.1) is 6.04 Å². The van der Waals surface area contributed by atoms with Gasteiger partial charge < -0.3 is 4.74 Å². The van der Waals surface area contributed by atoms with Gasteiger partial charge in [-0.2, -0.15) is 8.78 Å². The lowest BCUT2D eigenvalue weighted by Crippen LogP contribution is -2.28. The minimum atomic E-state index is -2.87. The van der Waals surface area contributed by atoms with Crippen LogP contribution in [-0.2, 0) is 0 Å². The molecule has 0 bridgehead atoms. The molecule has 1 unspecified atom stereocenters. The van der Waals surface area contributed by atoms with E-state index < -0.39 is 12.7 Å². The van der Waals surface area contributed by atoms with Gasteiger partial charge in [-0.3, -0.25) is 11.3 Å². The van der Waals surface area contributed by atoms with Gasteiger partial charge in [0, 0.05) is 12.0 Å². The highest BCUT2D eigenvalue weighted by atomic mass is 19.3. The van der Waals surface area contributed by atoms with Crippen molar-refractivity contribution in [3.63, 3.8) is 0 Å². The van der Waals surface area contributed by atoms with E-state index in [2.05, 4.69) is 16.1 Å². The zero-order valence-corrected chi connectivity index (χ0v) is 8.49. The molecule has 16 heavy (non-hydrogen) atoms. The quantitative estimate of drug-likeness (QED) is 0.457. The van der Waals surface area contributed by atoms with Crippen LogP contribution in [0.2, 0.25) is 0 Å². The van der Waals surface area contributed by atoms with Crippen molar-refractivity contribution < 1.29 is 13.5 Å². The number of nitrogens with one attached hydrogen (secondary N) is 1. The maximum Gasteiger partial charge on any atom is 0.387 e. The molecule has 5 heteroatoms. The molecule has 0 fully saturated rings. The fourth-order valence-electron chi connectivity index (χ4n) is 1.35. The molecule has 0 spiro atoms. The van der Waals surface area contributed by atoms with Crippen molar-refractivity contribution >= 4 is 0 Å². The third-order valence-corrected chi connectivity index (χ3v) is 2.03. The summed E-state index contributed by atoms with van der Waals surface area (Å²) in [4.78, 5) is 0. The lowest BCUT2D eigenvalue weighted by molar-refractivity contribution is -0.0507. The van der Waals surface area contributed by atoms with Gasteiger partial charge in [-0.05, 0) is 6.07 Å². The molecular weight excluding hydrogens is 214 g/mol. The molecular formula is C11H12F2N2O. The van der Waals surface area contributed by atoms with Gasteiger partial charge in [0.2, 0.25) is 0 Å². The van der Waals surface area contributed by atoms with E-state index >= 15 is 0 Å². The van der Waals surface area contributed by atoms with Crippen LogP contribution in [0.1, 0.15) is 18.0 Å². The predicted molar refractivity (Wildman–Crippen MR) is 56.6 cm³/mol. The molecule has 0 heterocycles. The lowest BCUT2D eigenvalue weighted by atomic mass is 10.0. The smallest absolute Gasteiger partial charge is 0.387 e. The first kappa shape index (κ1) is 12.4. The Kier molecular flexibility index (Phi) is 4.70. The Labute approximate surface area is 92.6 Å². The molecule has 0 aliphatic carbocycles. The van der Waals surface area contributed by atoms with Crippen LogP contribution in [-0.4, -0.2) is 6.61 Å². The highest BCUT2D eigenvalue weighted by molar-refractivity contribution is 5.36. The van der Waals surface area contributed by atoms with Crippen molar-refractivity contribution in [1.29, 1.82) is 0 Å². The highest BCUT2D eigenvalue weighted by Gasteiger charge is 2.15. The second-order valence-electron chi connectivity index (χ2n) is 3.04. The fourth-order valence-corrected chi connectivity index (χ4v) is 1.35. The third-order valence-electron chi connectivity index (χ3n) is 2.03. The van der Waals surface area contributed by atoms with E-state index in [-0.39, 0.29) is 5.75 Å². The largest absolute Gasteiger partial charge is 0.434 e. The van der Waals surface area contributed by atoms with E-state index in [1.807, 2.05) is 0 Å². The zero-order chi connectivity index (χ0) is 12.0. The zero-order valence-electron chi connectivity index (χ0n) is 8.49. The number of benzene rings is 1. The summed E-state index contributed by atoms with van der Waals surface area (Å²) in [6.45, 7) is -2.87. The molecule has 3 N–H and O–H groups in total. The van der Waals surface area contributed by atoms with Crippen LogP contribution < -0.4 is 16.0 Å². The summed E-state index contributed by atoms with van der Waals surface area (Å²) in [5.74, 6) is 7.79. The van der Waals surface area contributed by atoms with Crippen molar-refractivity contribution in [1.82, 2.24) is 5.43 Å². The number of terminal acetylenes is 1. The number of nitrogens with two attached hydrogens (primary N) is 1. The number of hydrazine groups is 1. The molecule has 0 amide bonds. The SMILES string of the molecule is C#CCC(NN)c1ccccc1OC(F)F. The number of hydrogen-bond donors (Lipinski definition) is 2. The van der Waals surface area contributed by atoms with Gasteiger partial charge in [0.15, 0.2) is 0 Å². The molecule has 0 aromatic heterocycles. The summed E-state index contributed by atoms with van der Waals surface area (Å²) >= 11 is 0. The molecule has 3 nitrogen and oxygen atoms in total. The predicted octanol–water partition coefficient (Wildman–Crippen LogP) is 1.82. The van der Waals surface area contributed by atoms with Crippen LogP contribution in [0.5, 0.6) is 5.75 Å². The summed E-state index contributed by atoms with van der Waals surface area (Å²) < 4.78 is 28.7. The normalized spacial score (nSPS) is 12.2. The molecule has 0 aliphatic rings. The third kappa shape index (κ3) is 3.19. The van der Waals surface area contributed by atoms with E-state index in [4.69, 9.17) is 12.3 Å². The first-order valence-electron chi connectivity index (χ1n) is 4.62. The van der Waals surface area contributed by atoms with Crippen LogP contribution in [0.15, 0.2) is 24.3 Å². The van der Waals surface area contributed by atoms with E-state index in [9.17, 15) is 8.78 Å². The van der Waals surface area contributed by atoms with Gasteiger partial charge in [-0.1, -0.05) is 18.2 Å².